The number of benzene rings is 1. The van der Waals surface area contributed by atoms with Crippen LogP contribution in [0, 0.1) is 0 Å². The van der Waals surface area contributed by atoms with Gasteiger partial charge >= 0.3 is 11.9 Å². The highest BCUT2D eigenvalue weighted by Crippen LogP contribution is 2.25. The van der Waals surface area contributed by atoms with E-state index in [1.54, 1.807) is 30.3 Å². The Morgan fingerprint density at radius 3 is 2.07 bits per heavy atom. The lowest BCUT2D eigenvalue weighted by Crippen LogP contribution is -2.34. The minimum absolute atomic E-state index is 0.0278. The fraction of sp³-hybridized carbons (Fsp3) is 0.474. The van der Waals surface area contributed by atoms with Gasteiger partial charge in [-0.25, -0.2) is 19.2 Å². The fourth-order valence-corrected chi connectivity index (χ4v) is 2.05. The van der Waals surface area contributed by atoms with Gasteiger partial charge in [0.15, 0.2) is 0 Å². The number of isocyanates is 2. The lowest BCUT2D eigenvalue weighted by Gasteiger charge is -2.15. The van der Waals surface area contributed by atoms with Crippen LogP contribution in [0.2, 0.25) is 0 Å². The van der Waals surface area contributed by atoms with Gasteiger partial charge in [-0.3, -0.25) is 0 Å². The zero-order chi connectivity index (χ0) is 22.7. The van der Waals surface area contributed by atoms with Crippen LogP contribution < -0.4 is 0 Å². The third-order valence-electron chi connectivity index (χ3n) is 3.43. The van der Waals surface area contributed by atoms with Crippen molar-refractivity contribution in [2.45, 2.75) is 24.9 Å². The van der Waals surface area contributed by atoms with Crippen molar-refractivity contribution in [2.75, 3.05) is 33.0 Å². The molecule has 1 heterocycles. The molecule has 2 rings (SSSR count). The zero-order valence-corrected chi connectivity index (χ0v) is 16.2. The van der Waals surface area contributed by atoms with Gasteiger partial charge in [0.25, 0.3) is 5.66 Å². The number of hydrogen-bond donors (Lipinski definition) is 3. The number of carbonyl (C=O) groups excluding carboxylic acids is 3. The second-order valence-corrected chi connectivity index (χ2v) is 5.55. The molecule has 0 aromatic heterocycles. The van der Waals surface area contributed by atoms with E-state index in [4.69, 9.17) is 20.1 Å². The van der Waals surface area contributed by atoms with Crippen molar-refractivity contribution < 1.29 is 44.0 Å². The van der Waals surface area contributed by atoms with Crippen LogP contribution in [0.5, 0.6) is 0 Å². The van der Waals surface area contributed by atoms with Gasteiger partial charge in [-0.05, 0) is 25.0 Å². The number of aromatic carboxylic acids is 1. The van der Waals surface area contributed by atoms with Crippen molar-refractivity contribution in [3.63, 3.8) is 0 Å². The number of hydrogen-bond acceptors (Lipinski definition) is 10. The van der Waals surface area contributed by atoms with E-state index in [9.17, 15) is 19.2 Å². The highest BCUT2D eigenvalue weighted by Gasteiger charge is 2.41. The molecule has 0 atom stereocenters. The van der Waals surface area contributed by atoms with E-state index >= 15 is 0 Å². The third kappa shape index (κ3) is 11.0. The summed E-state index contributed by atoms with van der Waals surface area (Å²) in [5.41, 5.74) is -1.41. The standard InChI is InChI=1S/C8H8N2O4.C7H6O2.C4H10O3/c11-5-9-8(10-6-12)3-1-2-4-14-7(8)13;8-7(9)6-4-2-1-3-5-6;5-1-3-7-4-2-6/h1-4H2;1-5H,(H,8,9);5-6H,1-4H2. The average molecular weight is 424 g/mol. The first kappa shape index (κ1) is 26.8. The molecule has 3 N–H and O–H groups in total. The molecule has 30 heavy (non-hydrogen) atoms. The van der Waals surface area contributed by atoms with Crippen LogP contribution in [0.25, 0.3) is 0 Å². The van der Waals surface area contributed by atoms with Gasteiger partial charge in [0.2, 0.25) is 12.2 Å². The quantitative estimate of drug-likeness (QED) is 0.243. The third-order valence-corrected chi connectivity index (χ3v) is 3.43. The molecule has 0 aliphatic carbocycles. The number of carboxylic acids is 1. The molecular formula is C19H24N2O9. The van der Waals surface area contributed by atoms with E-state index in [1.807, 2.05) is 0 Å². The number of rotatable bonds is 7. The highest BCUT2D eigenvalue weighted by molar-refractivity contribution is 5.87. The molecule has 11 heteroatoms. The Morgan fingerprint density at radius 1 is 1.07 bits per heavy atom. The molecular weight excluding hydrogens is 400 g/mol. The topological polar surface area (TPSA) is 172 Å². The van der Waals surface area contributed by atoms with Crippen molar-refractivity contribution >= 4 is 24.1 Å². The molecule has 1 aromatic rings. The monoisotopic (exact) mass is 424 g/mol. The van der Waals surface area contributed by atoms with E-state index in [-0.39, 0.29) is 26.2 Å². The van der Waals surface area contributed by atoms with Crippen LogP contribution in [-0.4, -0.2) is 78.1 Å². The number of aliphatic imine (C=N–C) groups is 2. The highest BCUT2D eigenvalue weighted by atomic mass is 16.5. The number of ether oxygens (including phenoxy) is 2. The Morgan fingerprint density at radius 2 is 1.63 bits per heavy atom. The smallest absolute Gasteiger partial charge is 0.358 e. The van der Waals surface area contributed by atoms with Crippen molar-refractivity contribution in [1.29, 1.82) is 0 Å². The summed E-state index contributed by atoms with van der Waals surface area (Å²) in [5, 5.41) is 24.6. The van der Waals surface area contributed by atoms with E-state index < -0.39 is 17.6 Å². The van der Waals surface area contributed by atoms with Gasteiger partial charge in [-0.15, -0.1) is 0 Å². The maximum absolute atomic E-state index is 11.3. The second kappa shape index (κ2) is 16.7. The van der Waals surface area contributed by atoms with Crippen molar-refractivity contribution in [3.8, 4) is 0 Å². The Kier molecular flexibility index (Phi) is 14.9. The molecule has 0 spiro atoms. The Hall–Kier alpha value is -3.20. The largest absolute Gasteiger partial charge is 0.478 e. The summed E-state index contributed by atoms with van der Waals surface area (Å²) >= 11 is 0. The van der Waals surface area contributed by atoms with Crippen LogP contribution >= 0.6 is 0 Å². The zero-order valence-electron chi connectivity index (χ0n) is 16.2. The summed E-state index contributed by atoms with van der Waals surface area (Å²) in [4.78, 5) is 48.3. The number of carboxylic acid groups (broad SMARTS) is 1. The first-order valence-corrected chi connectivity index (χ1v) is 8.90. The van der Waals surface area contributed by atoms with Crippen molar-refractivity contribution in [1.82, 2.24) is 0 Å². The van der Waals surface area contributed by atoms with Crippen LogP contribution in [0.4, 0.5) is 0 Å². The Balaban J connectivity index is 0.000000454. The second-order valence-electron chi connectivity index (χ2n) is 5.55. The molecule has 1 fully saturated rings. The molecule has 1 aliphatic rings. The van der Waals surface area contributed by atoms with E-state index in [1.165, 1.54) is 12.2 Å². The molecule has 1 aliphatic heterocycles. The van der Waals surface area contributed by atoms with Crippen LogP contribution in [0.3, 0.4) is 0 Å². The maximum Gasteiger partial charge on any atom is 0.358 e. The van der Waals surface area contributed by atoms with Gasteiger partial charge in [0.05, 0.1) is 38.6 Å². The number of cyclic esters (lactones) is 1. The summed E-state index contributed by atoms with van der Waals surface area (Å²) in [7, 11) is 0. The first-order chi connectivity index (χ1) is 14.5. The van der Waals surface area contributed by atoms with Crippen LogP contribution in [-0.2, 0) is 23.9 Å². The predicted octanol–water partition coefficient (Wildman–Crippen LogP) is 0.454. The maximum atomic E-state index is 11.3. The normalized spacial score (nSPS) is 17.2. The van der Waals surface area contributed by atoms with Gasteiger partial charge in [0.1, 0.15) is 0 Å². The Labute approximate surface area is 172 Å². The minimum Gasteiger partial charge on any atom is -0.478 e. The molecule has 164 valence electrons. The number of nitrogens with zero attached hydrogens (tertiary/aromatic N) is 2. The summed E-state index contributed by atoms with van der Waals surface area (Å²) in [6, 6.07) is 8.30. The number of aliphatic hydroxyl groups is 2. The first-order valence-electron chi connectivity index (χ1n) is 8.90. The van der Waals surface area contributed by atoms with E-state index in [0.717, 1.165) is 0 Å². The molecule has 0 radical (unpaired) electrons. The van der Waals surface area contributed by atoms with Gasteiger partial charge in [-0.1, -0.05) is 18.2 Å². The summed E-state index contributed by atoms with van der Waals surface area (Å²) < 4.78 is 9.37. The lowest BCUT2D eigenvalue weighted by molar-refractivity contribution is -0.148. The van der Waals surface area contributed by atoms with Gasteiger partial charge < -0.3 is 24.8 Å². The van der Waals surface area contributed by atoms with Crippen molar-refractivity contribution in [3.05, 3.63) is 35.9 Å². The SMILES string of the molecule is O=C(O)c1ccccc1.O=C=NC1(N=C=O)CCCCOC1=O.OCCOCCO. The summed E-state index contributed by atoms with van der Waals surface area (Å²) in [6.07, 6.45) is 3.88. The average Bonchev–Trinajstić information content (AvgIpc) is 2.92. The molecule has 1 saturated heterocycles. The van der Waals surface area contributed by atoms with Crippen LogP contribution in [0.15, 0.2) is 40.3 Å². The predicted molar refractivity (Wildman–Crippen MR) is 102 cm³/mol. The number of aliphatic hydroxyl groups excluding tert-OH is 2. The molecule has 1 aromatic carbocycles. The van der Waals surface area contributed by atoms with Gasteiger partial charge in [0, 0.05) is 6.42 Å². The van der Waals surface area contributed by atoms with Crippen molar-refractivity contribution in [2.24, 2.45) is 9.98 Å². The molecule has 0 bridgehead atoms. The number of carbonyl (C=O) groups is 2. The van der Waals surface area contributed by atoms with E-state index in [2.05, 4.69) is 14.7 Å². The van der Waals surface area contributed by atoms with E-state index in [0.29, 0.717) is 31.6 Å². The fourth-order valence-electron chi connectivity index (χ4n) is 2.05. The Bertz CT molecular complexity index is 705. The molecule has 11 nitrogen and oxygen atoms in total. The van der Waals surface area contributed by atoms with Crippen LogP contribution in [0.1, 0.15) is 29.6 Å². The lowest BCUT2D eigenvalue weighted by atomic mass is 10.1. The molecule has 0 unspecified atom stereocenters. The molecule has 0 saturated carbocycles. The molecule has 0 amide bonds. The number of esters is 1. The summed E-state index contributed by atoms with van der Waals surface area (Å²) in [6.45, 7) is 0.949. The summed E-state index contributed by atoms with van der Waals surface area (Å²) in [5.74, 6) is -1.67. The minimum atomic E-state index is -1.74. The van der Waals surface area contributed by atoms with Gasteiger partial charge in [-0.2, -0.15) is 9.98 Å².